The molecule has 2 heterocycles. The molecule has 1 saturated carbocycles. The van der Waals surface area contributed by atoms with Crippen LogP contribution in [0.5, 0.6) is 0 Å². The molecule has 0 amide bonds. The fourth-order valence-electron chi connectivity index (χ4n) is 4.56. The van der Waals surface area contributed by atoms with Crippen LogP contribution in [0.25, 0.3) is 0 Å². The second-order valence-corrected chi connectivity index (χ2v) is 7.34. The van der Waals surface area contributed by atoms with Crippen LogP contribution in [-0.4, -0.2) is 59.8 Å². The molecule has 0 aromatic carbocycles. The van der Waals surface area contributed by atoms with Gasteiger partial charge in [-0.3, -0.25) is 9.80 Å². The molecule has 0 bridgehead atoms. The third-order valence-corrected chi connectivity index (χ3v) is 5.70. The first-order valence-electron chi connectivity index (χ1n) is 8.96. The second kappa shape index (κ2) is 7.24. The van der Waals surface area contributed by atoms with Crippen molar-refractivity contribution < 1.29 is 5.11 Å². The van der Waals surface area contributed by atoms with Gasteiger partial charge in [-0.15, -0.1) is 0 Å². The van der Waals surface area contributed by atoms with Crippen molar-refractivity contribution in [3.05, 3.63) is 0 Å². The fraction of sp³-hybridized carbons (Fsp3) is 1.00. The Morgan fingerprint density at radius 1 is 0.900 bits per heavy atom. The predicted molar refractivity (Wildman–Crippen MR) is 82.9 cm³/mol. The van der Waals surface area contributed by atoms with E-state index in [1.165, 1.54) is 77.5 Å². The zero-order chi connectivity index (χ0) is 13.8. The molecule has 2 aliphatic heterocycles. The smallest absolute Gasteiger partial charge is 0.0669 e. The van der Waals surface area contributed by atoms with E-state index in [1.807, 2.05) is 0 Å². The lowest BCUT2D eigenvalue weighted by atomic mass is 10.00. The van der Waals surface area contributed by atoms with Gasteiger partial charge < -0.3 is 5.11 Å². The van der Waals surface area contributed by atoms with Gasteiger partial charge >= 0.3 is 0 Å². The number of nitrogens with zero attached hydrogens (tertiary/aromatic N) is 2. The van der Waals surface area contributed by atoms with Crippen molar-refractivity contribution in [1.82, 2.24) is 9.80 Å². The molecular formula is C17H32N2O. The van der Waals surface area contributed by atoms with E-state index in [0.29, 0.717) is 0 Å². The van der Waals surface area contributed by atoms with E-state index in [0.717, 1.165) is 24.9 Å². The maximum absolute atomic E-state index is 10.3. The highest BCUT2D eigenvalue weighted by atomic mass is 16.3. The molecule has 3 aliphatic rings. The Kier molecular flexibility index (Phi) is 5.36. The zero-order valence-corrected chi connectivity index (χ0v) is 13.0. The summed E-state index contributed by atoms with van der Waals surface area (Å²) in [6, 6.07) is 0.772. The maximum atomic E-state index is 10.3. The molecule has 2 saturated heterocycles. The fourth-order valence-corrected chi connectivity index (χ4v) is 4.56. The summed E-state index contributed by atoms with van der Waals surface area (Å²) in [5.41, 5.74) is 0. The topological polar surface area (TPSA) is 26.7 Å². The minimum absolute atomic E-state index is 0.0850. The first kappa shape index (κ1) is 14.8. The Bertz CT molecular complexity index is 285. The van der Waals surface area contributed by atoms with Crippen LogP contribution in [0.4, 0.5) is 0 Å². The molecule has 116 valence electrons. The van der Waals surface area contributed by atoms with Gasteiger partial charge in [0.2, 0.25) is 0 Å². The number of piperidine rings is 1. The molecule has 3 nitrogen and oxygen atoms in total. The molecule has 3 rings (SSSR count). The lowest BCUT2D eigenvalue weighted by molar-refractivity contribution is 0.0943. The molecule has 0 aromatic rings. The third-order valence-electron chi connectivity index (χ3n) is 5.70. The summed E-state index contributed by atoms with van der Waals surface area (Å²) in [7, 11) is 0. The van der Waals surface area contributed by atoms with Gasteiger partial charge in [0.1, 0.15) is 0 Å². The van der Waals surface area contributed by atoms with Gasteiger partial charge in [-0.25, -0.2) is 0 Å². The molecule has 0 aromatic heterocycles. The zero-order valence-electron chi connectivity index (χ0n) is 13.0. The Morgan fingerprint density at radius 3 is 2.40 bits per heavy atom. The number of hydrogen-bond acceptors (Lipinski definition) is 3. The van der Waals surface area contributed by atoms with Crippen LogP contribution in [0.3, 0.4) is 0 Å². The molecule has 0 radical (unpaired) electrons. The highest BCUT2D eigenvalue weighted by Crippen LogP contribution is 2.29. The lowest BCUT2D eigenvalue weighted by Crippen LogP contribution is -2.41. The third kappa shape index (κ3) is 3.96. The molecule has 3 fully saturated rings. The van der Waals surface area contributed by atoms with E-state index in [4.69, 9.17) is 0 Å². The molecular weight excluding hydrogens is 248 g/mol. The molecule has 3 heteroatoms. The molecule has 0 spiro atoms. The Balaban J connectivity index is 1.38. The van der Waals surface area contributed by atoms with E-state index in [9.17, 15) is 5.11 Å². The van der Waals surface area contributed by atoms with Gasteiger partial charge in [-0.1, -0.05) is 32.1 Å². The van der Waals surface area contributed by atoms with Crippen molar-refractivity contribution >= 4 is 0 Å². The Hall–Kier alpha value is -0.120. The molecule has 2 atom stereocenters. The summed E-state index contributed by atoms with van der Waals surface area (Å²) in [6.45, 7) is 5.93. The minimum Gasteiger partial charge on any atom is -0.392 e. The van der Waals surface area contributed by atoms with E-state index >= 15 is 0 Å². The number of β-amino-alcohol motifs (C(OH)–C–C–N with tert-alkyl or cyclic N) is 1. The summed E-state index contributed by atoms with van der Waals surface area (Å²) < 4.78 is 0. The first-order chi connectivity index (χ1) is 9.81. The van der Waals surface area contributed by atoms with Crippen LogP contribution in [0.2, 0.25) is 0 Å². The number of likely N-dealkylation sites (tertiary alicyclic amines) is 2. The lowest BCUT2D eigenvalue weighted by Gasteiger charge is -2.32. The van der Waals surface area contributed by atoms with Crippen LogP contribution in [0.15, 0.2) is 0 Å². The van der Waals surface area contributed by atoms with Crippen molar-refractivity contribution in [2.75, 3.05) is 32.7 Å². The van der Waals surface area contributed by atoms with Crippen LogP contribution in [-0.2, 0) is 0 Å². The average Bonchev–Trinajstić information content (AvgIpc) is 3.11. The molecule has 2 unspecified atom stereocenters. The van der Waals surface area contributed by atoms with E-state index < -0.39 is 0 Å². The van der Waals surface area contributed by atoms with Crippen molar-refractivity contribution in [1.29, 1.82) is 0 Å². The summed E-state index contributed by atoms with van der Waals surface area (Å²) in [5.74, 6) is 0.811. The molecule has 1 aliphatic carbocycles. The van der Waals surface area contributed by atoms with Gasteiger partial charge in [0.15, 0.2) is 0 Å². The predicted octanol–water partition coefficient (Wildman–Crippen LogP) is 2.49. The van der Waals surface area contributed by atoms with E-state index in [2.05, 4.69) is 9.80 Å². The number of hydrogen-bond donors (Lipinski definition) is 1. The number of aliphatic hydroxyl groups is 1. The first-order valence-corrected chi connectivity index (χ1v) is 8.96. The van der Waals surface area contributed by atoms with E-state index in [1.54, 1.807) is 0 Å². The van der Waals surface area contributed by atoms with Crippen molar-refractivity contribution in [2.45, 2.75) is 69.9 Å². The standard InChI is InChI=1S/C17H32N2O/c20-17(12-15-6-2-3-7-15)14-18-11-8-16(13-18)19-9-4-1-5-10-19/h15-17,20H,1-14H2. The Labute approximate surface area is 124 Å². The van der Waals surface area contributed by atoms with Gasteiger partial charge in [-0.05, 0) is 51.2 Å². The summed E-state index contributed by atoms with van der Waals surface area (Å²) >= 11 is 0. The molecule has 20 heavy (non-hydrogen) atoms. The van der Waals surface area contributed by atoms with E-state index in [-0.39, 0.29) is 6.10 Å². The number of rotatable bonds is 5. The van der Waals surface area contributed by atoms with Crippen LogP contribution < -0.4 is 0 Å². The summed E-state index contributed by atoms with van der Waals surface area (Å²) in [5, 5.41) is 10.3. The van der Waals surface area contributed by atoms with Crippen LogP contribution in [0, 0.1) is 5.92 Å². The van der Waals surface area contributed by atoms with Gasteiger partial charge in [-0.2, -0.15) is 0 Å². The van der Waals surface area contributed by atoms with Crippen LogP contribution in [0.1, 0.15) is 57.8 Å². The monoisotopic (exact) mass is 280 g/mol. The minimum atomic E-state index is -0.0850. The maximum Gasteiger partial charge on any atom is 0.0669 e. The van der Waals surface area contributed by atoms with Gasteiger partial charge in [0.05, 0.1) is 6.10 Å². The highest BCUT2D eigenvalue weighted by Gasteiger charge is 2.29. The molecule has 1 N–H and O–H groups in total. The van der Waals surface area contributed by atoms with Crippen molar-refractivity contribution in [3.8, 4) is 0 Å². The van der Waals surface area contributed by atoms with Gasteiger partial charge in [0.25, 0.3) is 0 Å². The largest absolute Gasteiger partial charge is 0.392 e. The average molecular weight is 280 g/mol. The van der Waals surface area contributed by atoms with Gasteiger partial charge in [0, 0.05) is 19.1 Å². The Morgan fingerprint density at radius 2 is 1.65 bits per heavy atom. The normalized spacial score (nSPS) is 31.9. The van der Waals surface area contributed by atoms with Crippen LogP contribution >= 0.6 is 0 Å². The summed E-state index contributed by atoms with van der Waals surface area (Å²) in [4.78, 5) is 5.21. The van der Waals surface area contributed by atoms with Crippen molar-refractivity contribution in [3.63, 3.8) is 0 Å². The number of aliphatic hydroxyl groups excluding tert-OH is 1. The summed E-state index contributed by atoms with van der Waals surface area (Å²) in [6.07, 6.45) is 12.0. The quantitative estimate of drug-likeness (QED) is 0.838. The highest BCUT2D eigenvalue weighted by molar-refractivity contribution is 4.86. The second-order valence-electron chi connectivity index (χ2n) is 7.34. The SMILES string of the molecule is OC(CC1CCCC1)CN1CCC(N2CCCCC2)C1. The van der Waals surface area contributed by atoms with Crippen molar-refractivity contribution in [2.24, 2.45) is 5.92 Å².